The van der Waals surface area contributed by atoms with Gasteiger partial charge in [-0.3, -0.25) is 4.79 Å². The van der Waals surface area contributed by atoms with E-state index in [1.807, 2.05) is 6.92 Å². The van der Waals surface area contributed by atoms with Gasteiger partial charge in [0.1, 0.15) is 17.6 Å². The fourth-order valence-corrected chi connectivity index (χ4v) is 4.44. The molecule has 2 aliphatic rings. The zero-order valence-electron chi connectivity index (χ0n) is 16.0. The summed E-state index contributed by atoms with van der Waals surface area (Å²) in [5, 5.41) is 3.20. The van der Waals surface area contributed by atoms with Crippen molar-refractivity contribution in [2.75, 3.05) is 5.32 Å². The van der Waals surface area contributed by atoms with E-state index in [0.717, 1.165) is 25.7 Å². The lowest BCUT2D eigenvalue weighted by Gasteiger charge is -2.45. The van der Waals surface area contributed by atoms with E-state index in [2.05, 4.69) is 15.3 Å². The molecule has 8 heteroatoms. The number of hydrogen-bond donors (Lipinski definition) is 2. The molecule has 29 heavy (non-hydrogen) atoms. The molecule has 1 aliphatic carbocycles. The van der Waals surface area contributed by atoms with Gasteiger partial charge in [-0.05, 0) is 56.5 Å². The van der Waals surface area contributed by atoms with Crippen LogP contribution in [0.25, 0.3) is 0 Å². The minimum Gasteiger partial charge on any atom is -0.462 e. The lowest BCUT2D eigenvalue weighted by atomic mass is 9.70. The second-order valence-corrected chi connectivity index (χ2v) is 8.09. The summed E-state index contributed by atoms with van der Waals surface area (Å²) in [6.07, 6.45) is 5.16. The van der Waals surface area contributed by atoms with E-state index >= 15 is 0 Å². The van der Waals surface area contributed by atoms with Gasteiger partial charge in [-0.15, -0.1) is 0 Å². The van der Waals surface area contributed by atoms with Crippen LogP contribution in [0.15, 0.2) is 41.5 Å². The number of hydrogen-bond acceptors (Lipinski definition) is 5. The van der Waals surface area contributed by atoms with Crippen LogP contribution in [0.4, 0.5) is 10.1 Å². The Labute approximate surface area is 173 Å². The molecule has 2 aromatic rings. The van der Waals surface area contributed by atoms with Crippen molar-refractivity contribution in [3.05, 3.63) is 58.6 Å². The first-order valence-electron chi connectivity index (χ1n) is 9.62. The van der Waals surface area contributed by atoms with Crippen LogP contribution in [-0.2, 0) is 10.3 Å². The zero-order valence-corrected chi connectivity index (χ0v) is 16.7. The molecule has 1 aromatic heterocycles. The first kappa shape index (κ1) is 19.6. The number of carbonyl (C=O) groups is 1. The summed E-state index contributed by atoms with van der Waals surface area (Å²) in [6, 6.07) is 7.67. The predicted molar refractivity (Wildman–Crippen MR) is 109 cm³/mol. The summed E-state index contributed by atoms with van der Waals surface area (Å²) in [5.41, 5.74) is 6.13. The lowest BCUT2D eigenvalue weighted by Crippen LogP contribution is -2.49. The number of fused-ring (bicyclic) bond motifs is 1. The van der Waals surface area contributed by atoms with Crippen molar-refractivity contribution in [3.8, 4) is 0 Å². The molecule has 2 heterocycles. The van der Waals surface area contributed by atoms with E-state index in [4.69, 9.17) is 22.1 Å². The van der Waals surface area contributed by atoms with Gasteiger partial charge in [0.2, 0.25) is 0 Å². The Bertz CT molecular complexity index is 966. The number of nitrogens with zero attached hydrogens (tertiary/aromatic N) is 2. The molecule has 3 atom stereocenters. The third kappa shape index (κ3) is 3.79. The van der Waals surface area contributed by atoms with Crippen LogP contribution in [0.3, 0.4) is 0 Å². The average molecular weight is 417 g/mol. The molecule has 1 fully saturated rings. The van der Waals surface area contributed by atoms with Gasteiger partial charge in [0, 0.05) is 23.4 Å². The molecule has 3 N–H and O–H groups in total. The Morgan fingerprint density at radius 2 is 2.10 bits per heavy atom. The number of benzene rings is 1. The maximum absolute atomic E-state index is 14.9. The molecule has 152 valence electrons. The molecule has 0 saturated heterocycles. The van der Waals surface area contributed by atoms with E-state index in [0.29, 0.717) is 16.3 Å². The van der Waals surface area contributed by atoms with Gasteiger partial charge in [-0.2, -0.15) is 0 Å². The van der Waals surface area contributed by atoms with Crippen LogP contribution in [0.5, 0.6) is 0 Å². The molecule has 1 amide bonds. The van der Waals surface area contributed by atoms with E-state index in [1.165, 1.54) is 24.4 Å². The zero-order chi connectivity index (χ0) is 20.6. The maximum Gasteiger partial charge on any atom is 0.283 e. The first-order valence-corrected chi connectivity index (χ1v) is 9.99. The van der Waals surface area contributed by atoms with Crippen molar-refractivity contribution < 1.29 is 13.9 Å². The molecular weight excluding hydrogens is 395 g/mol. The predicted octanol–water partition coefficient (Wildman–Crippen LogP) is 4.25. The summed E-state index contributed by atoms with van der Waals surface area (Å²) < 4.78 is 20.6. The SMILES string of the molecule is C[C@]1(c2cc(NC(=O)c3ccc(Cl)cn3)ccc2F)N=C(N)OC2CCCCC21. The fourth-order valence-electron chi connectivity index (χ4n) is 4.33. The number of rotatable bonds is 3. The third-order valence-electron chi connectivity index (χ3n) is 5.77. The smallest absolute Gasteiger partial charge is 0.283 e. The number of pyridine rings is 1. The molecule has 1 aliphatic heterocycles. The fraction of sp³-hybridized carbons (Fsp3) is 0.381. The third-order valence-corrected chi connectivity index (χ3v) is 5.99. The monoisotopic (exact) mass is 416 g/mol. The molecule has 0 radical (unpaired) electrons. The molecule has 0 spiro atoms. The Balaban J connectivity index is 1.66. The summed E-state index contributed by atoms with van der Waals surface area (Å²) in [6.45, 7) is 1.89. The van der Waals surface area contributed by atoms with Gasteiger partial charge < -0.3 is 15.8 Å². The lowest BCUT2D eigenvalue weighted by molar-refractivity contribution is 0.0147. The largest absolute Gasteiger partial charge is 0.462 e. The molecule has 4 rings (SSSR count). The van der Waals surface area contributed by atoms with Gasteiger partial charge in [-0.1, -0.05) is 18.0 Å². The summed E-state index contributed by atoms with van der Waals surface area (Å²) in [4.78, 5) is 21.0. The van der Waals surface area contributed by atoms with Crippen LogP contribution in [-0.4, -0.2) is 23.0 Å². The van der Waals surface area contributed by atoms with E-state index < -0.39 is 17.3 Å². The maximum atomic E-state index is 14.9. The van der Waals surface area contributed by atoms with E-state index in [9.17, 15) is 9.18 Å². The van der Waals surface area contributed by atoms with Crippen molar-refractivity contribution in [1.29, 1.82) is 0 Å². The summed E-state index contributed by atoms with van der Waals surface area (Å²) in [5.74, 6) is -0.783. The first-order chi connectivity index (χ1) is 13.9. The van der Waals surface area contributed by atoms with Crippen molar-refractivity contribution in [1.82, 2.24) is 4.98 Å². The molecular formula is C21H22ClFN4O2. The standard InChI is InChI=1S/C21H22ClFN4O2/c1-21(14-4-2-3-5-18(14)29-20(24)27-21)15-10-13(7-8-16(15)23)26-19(28)17-9-6-12(22)11-25-17/h6-11,14,18H,2-5H2,1H3,(H2,24,27)(H,26,28)/t14?,18?,21-/m0/s1. The number of amides is 1. The number of anilines is 1. The van der Waals surface area contributed by atoms with Gasteiger partial charge in [0.15, 0.2) is 0 Å². The molecule has 0 bridgehead atoms. The second kappa shape index (κ2) is 7.63. The summed E-state index contributed by atoms with van der Waals surface area (Å²) in [7, 11) is 0. The number of aliphatic imine (C=N–C) groups is 1. The normalized spacial score (nSPS) is 26.1. The minimum absolute atomic E-state index is 0.0157. The Kier molecular flexibility index (Phi) is 5.17. The molecule has 1 aromatic carbocycles. The highest BCUT2D eigenvalue weighted by Gasteiger charge is 2.47. The highest BCUT2D eigenvalue weighted by molar-refractivity contribution is 6.30. The van der Waals surface area contributed by atoms with Crippen molar-refractivity contribution in [2.24, 2.45) is 16.6 Å². The van der Waals surface area contributed by atoms with Crippen molar-refractivity contribution in [2.45, 2.75) is 44.2 Å². The number of nitrogens with two attached hydrogens (primary N) is 1. The Hall–Kier alpha value is -2.67. The van der Waals surface area contributed by atoms with Crippen LogP contribution in [0.2, 0.25) is 5.02 Å². The van der Waals surface area contributed by atoms with E-state index in [1.54, 1.807) is 12.1 Å². The number of aromatic nitrogens is 1. The number of nitrogens with one attached hydrogen (secondary N) is 1. The van der Waals surface area contributed by atoms with Gasteiger partial charge in [0.25, 0.3) is 11.9 Å². The summed E-state index contributed by atoms with van der Waals surface area (Å²) >= 11 is 5.82. The molecule has 6 nitrogen and oxygen atoms in total. The van der Waals surface area contributed by atoms with Crippen molar-refractivity contribution >= 4 is 29.2 Å². The van der Waals surface area contributed by atoms with Crippen LogP contribution in [0, 0.1) is 11.7 Å². The van der Waals surface area contributed by atoms with Crippen LogP contribution in [0.1, 0.15) is 48.7 Å². The Morgan fingerprint density at radius 1 is 1.31 bits per heavy atom. The minimum atomic E-state index is -0.864. The highest BCUT2D eigenvalue weighted by Crippen LogP contribution is 2.46. The molecule has 2 unspecified atom stereocenters. The van der Waals surface area contributed by atoms with Gasteiger partial charge in [0.05, 0.1) is 10.6 Å². The Morgan fingerprint density at radius 3 is 2.86 bits per heavy atom. The van der Waals surface area contributed by atoms with Gasteiger partial charge >= 0.3 is 0 Å². The van der Waals surface area contributed by atoms with Crippen molar-refractivity contribution in [3.63, 3.8) is 0 Å². The number of amidine groups is 1. The molecule has 1 saturated carbocycles. The number of carbonyl (C=O) groups excluding carboxylic acids is 1. The number of halogens is 2. The van der Waals surface area contributed by atoms with E-state index in [-0.39, 0.29) is 23.7 Å². The highest BCUT2D eigenvalue weighted by atomic mass is 35.5. The van der Waals surface area contributed by atoms with Crippen LogP contribution < -0.4 is 11.1 Å². The number of ether oxygens (including phenoxy) is 1. The van der Waals surface area contributed by atoms with Crippen LogP contribution >= 0.6 is 11.6 Å². The second-order valence-electron chi connectivity index (χ2n) is 7.66. The average Bonchev–Trinajstić information content (AvgIpc) is 2.69. The topological polar surface area (TPSA) is 89.6 Å². The quantitative estimate of drug-likeness (QED) is 0.782. The van der Waals surface area contributed by atoms with Gasteiger partial charge in [-0.25, -0.2) is 14.4 Å².